The van der Waals surface area contributed by atoms with Gasteiger partial charge in [-0.05, 0) is 36.4 Å². The molecule has 0 spiro atoms. The van der Waals surface area contributed by atoms with E-state index in [2.05, 4.69) is 5.32 Å². The Morgan fingerprint density at radius 1 is 1.00 bits per heavy atom. The van der Waals surface area contributed by atoms with Crippen LogP contribution in [0, 0.1) is 0 Å². The van der Waals surface area contributed by atoms with Crippen LogP contribution in [0.5, 0.6) is 0 Å². The number of carbonyl (C=O) groups is 1. The Balaban J connectivity index is 2.18. The molecule has 2 nitrogen and oxygen atoms in total. The monoisotopic (exact) mass is 323 g/mol. The molecule has 3 rings (SSSR count). The third kappa shape index (κ3) is 2.31. The molecule has 0 atom stereocenters. The van der Waals surface area contributed by atoms with E-state index in [9.17, 15) is 4.79 Å². The first-order valence-electron chi connectivity index (χ1n) is 5.83. The van der Waals surface area contributed by atoms with Gasteiger partial charge in [0.05, 0.1) is 0 Å². The molecule has 0 fully saturated rings. The highest BCUT2D eigenvalue weighted by Crippen LogP contribution is 2.37. The molecule has 0 radical (unpaired) electrons. The molecule has 5 heteroatoms. The Hall–Kier alpha value is -1.48. The predicted octanol–water partition coefficient (Wildman–Crippen LogP) is 5.14. The van der Waals surface area contributed by atoms with Crippen molar-refractivity contribution in [3.63, 3.8) is 0 Å². The standard InChI is InChI=1S/C15H8Cl3NO/c16-8-4-5-14-9(6-8)10(15(20)19-14)7-11-12(17)2-1-3-13(11)18/h1-7H,(H,19,20). The fourth-order valence-corrected chi connectivity index (χ4v) is 2.78. The molecule has 0 aliphatic carbocycles. The van der Waals surface area contributed by atoms with Crippen LogP contribution < -0.4 is 5.32 Å². The van der Waals surface area contributed by atoms with Gasteiger partial charge in [-0.2, -0.15) is 0 Å². The maximum atomic E-state index is 12.1. The van der Waals surface area contributed by atoms with Gasteiger partial charge < -0.3 is 5.32 Å². The second-order valence-corrected chi connectivity index (χ2v) is 5.59. The molecule has 1 N–H and O–H groups in total. The van der Waals surface area contributed by atoms with Gasteiger partial charge in [0.2, 0.25) is 0 Å². The van der Waals surface area contributed by atoms with Gasteiger partial charge in [-0.25, -0.2) is 0 Å². The van der Waals surface area contributed by atoms with Gasteiger partial charge in [-0.1, -0.05) is 40.9 Å². The van der Waals surface area contributed by atoms with E-state index in [1.54, 1.807) is 42.5 Å². The molecule has 20 heavy (non-hydrogen) atoms. The largest absolute Gasteiger partial charge is 0.321 e. The van der Waals surface area contributed by atoms with Gasteiger partial charge in [-0.15, -0.1) is 0 Å². The minimum atomic E-state index is -0.196. The summed E-state index contributed by atoms with van der Waals surface area (Å²) >= 11 is 18.2. The molecule has 1 heterocycles. The van der Waals surface area contributed by atoms with Crippen LogP contribution in [0.1, 0.15) is 11.1 Å². The number of hydrogen-bond acceptors (Lipinski definition) is 1. The average molecular weight is 325 g/mol. The molecule has 0 aromatic heterocycles. The van der Waals surface area contributed by atoms with Crippen LogP contribution >= 0.6 is 34.8 Å². The lowest BCUT2D eigenvalue weighted by Crippen LogP contribution is -2.03. The smallest absolute Gasteiger partial charge is 0.256 e. The van der Waals surface area contributed by atoms with Crippen molar-refractivity contribution in [1.29, 1.82) is 0 Å². The Kier molecular flexibility index (Phi) is 3.47. The maximum Gasteiger partial charge on any atom is 0.256 e. The summed E-state index contributed by atoms with van der Waals surface area (Å²) < 4.78 is 0. The summed E-state index contributed by atoms with van der Waals surface area (Å²) in [6.45, 7) is 0. The van der Waals surface area contributed by atoms with Gasteiger partial charge in [0.15, 0.2) is 0 Å². The van der Waals surface area contributed by atoms with Crippen molar-refractivity contribution in [2.24, 2.45) is 0 Å². The minimum absolute atomic E-state index is 0.196. The molecule has 1 aliphatic rings. The number of benzene rings is 2. The summed E-state index contributed by atoms with van der Waals surface area (Å²) in [4.78, 5) is 12.1. The maximum absolute atomic E-state index is 12.1. The molecule has 0 bridgehead atoms. The SMILES string of the molecule is O=C1Nc2ccc(Cl)cc2C1=Cc1c(Cl)cccc1Cl. The topological polar surface area (TPSA) is 29.1 Å². The van der Waals surface area contributed by atoms with E-state index in [1.165, 1.54) is 0 Å². The van der Waals surface area contributed by atoms with E-state index >= 15 is 0 Å². The number of nitrogens with one attached hydrogen (secondary N) is 1. The van der Waals surface area contributed by atoms with Crippen molar-refractivity contribution in [3.8, 4) is 0 Å². The van der Waals surface area contributed by atoms with Crippen LogP contribution in [0.2, 0.25) is 15.1 Å². The van der Waals surface area contributed by atoms with E-state index in [4.69, 9.17) is 34.8 Å². The molecule has 1 aliphatic heterocycles. The Labute approximate surface area is 131 Å². The van der Waals surface area contributed by atoms with E-state index in [0.717, 1.165) is 11.3 Å². The van der Waals surface area contributed by atoms with E-state index < -0.39 is 0 Å². The zero-order valence-electron chi connectivity index (χ0n) is 10.1. The van der Waals surface area contributed by atoms with E-state index in [1.807, 2.05) is 0 Å². The first kappa shape index (κ1) is 13.5. The summed E-state index contributed by atoms with van der Waals surface area (Å²) in [5.74, 6) is -0.196. The third-order valence-corrected chi connectivity index (χ3v) is 3.95. The quantitative estimate of drug-likeness (QED) is 0.723. The molecular weight excluding hydrogens is 317 g/mol. The predicted molar refractivity (Wildman–Crippen MR) is 84.4 cm³/mol. The fourth-order valence-electron chi connectivity index (χ4n) is 2.10. The van der Waals surface area contributed by atoms with E-state index in [0.29, 0.717) is 26.2 Å². The first-order chi connectivity index (χ1) is 9.56. The summed E-state index contributed by atoms with van der Waals surface area (Å²) in [7, 11) is 0. The second kappa shape index (κ2) is 5.13. The Bertz CT molecular complexity index is 733. The number of carbonyl (C=O) groups excluding carboxylic acids is 1. The number of fused-ring (bicyclic) bond motifs is 1. The van der Waals surface area contributed by atoms with Crippen molar-refractivity contribution in [1.82, 2.24) is 0 Å². The van der Waals surface area contributed by atoms with Crippen LogP contribution in [0.4, 0.5) is 5.69 Å². The van der Waals surface area contributed by atoms with E-state index in [-0.39, 0.29) is 5.91 Å². The van der Waals surface area contributed by atoms with Crippen molar-refractivity contribution in [2.75, 3.05) is 5.32 Å². The molecule has 0 saturated heterocycles. The fraction of sp³-hybridized carbons (Fsp3) is 0. The summed E-state index contributed by atoms with van der Waals surface area (Å²) in [5.41, 5.74) is 2.60. The number of halogens is 3. The Morgan fingerprint density at radius 3 is 2.40 bits per heavy atom. The zero-order chi connectivity index (χ0) is 14.3. The first-order valence-corrected chi connectivity index (χ1v) is 6.96. The zero-order valence-corrected chi connectivity index (χ0v) is 12.4. The highest BCUT2D eigenvalue weighted by atomic mass is 35.5. The van der Waals surface area contributed by atoms with Crippen molar-refractivity contribution in [2.45, 2.75) is 0 Å². The minimum Gasteiger partial charge on any atom is -0.321 e. The lowest BCUT2D eigenvalue weighted by Gasteiger charge is -2.03. The molecule has 100 valence electrons. The molecule has 0 unspecified atom stereocenters. The molecular formula is C15H8Cl3NO. The summed E-state index contributed by atoms with van der Waals surface area (Å²) in [6.07, 6.45) is 1.68. The number of rotatable bonds is 1. The third-order valence-electron chi connectivity index (χ3n) is 3.05. The highest BCUT2D eigenvalue weighted by molar-refractivity contribution is 6.40. The lowest BCUT2D eigenvalue weighted by atomic mass is 10.0. The van der Waals surface area contributed by atoms with Gasteiger partial charge in [0.25, 0.3) is 5.91 Å². The molecule has 2 aromatic carbocycles. The van der Waals surface area contributed by atoms with Gasteiger partial charge >= 0.3 is 0 Å². The van der Waals surface area contributed by atoms with Crippen molar-refractivity contribution in [3.05, 3.63) is 62.6 Å². The van der Waals surface area contributed by atoms with Gasteiger partial charge in [0, 0.05) is 37.5 Å². The normalized spacial score (nSPS) is 15.3. The lowest BCUT2D eigenvalue weighted by molar-refractivity contribution is -0.110. The average Bonchev–Trinajstić information content (AvgIpc) is 2.70. The van der Waals surface area contributed by atoms with Crippen LogP contribution in [0.25, 0.3) is 11.6 Å². The summed E-state index contributed by atoms with van der Waals surface area (Å²) in [6, 6.07) is 10.4. The van der Waals surface area contributed by atoms with Crippen molar-refractivity contribution < 1.29 is 4.79 Å². The van der Waals surface area contributed by atoms with Crippen LogP contribution in [0.15, 0.2) is 36.4 Å². The molecule has 0 saturated carbocycles. The summed E-state index contributed by atoms with van der Waals surface area (Å²) in [5, 5.41) is 4.34. The molecule has 2 aromatic rings. The second-order valence-electron chi connectivity index (χ2n) is 4.34. The number of anilines is 1. The van der Waals surface area contributed by atoms with Gasteiger partial charge in [0.1, 0.15) is 0 Å². The van der Waals surface area contributed by atoms with Crippen LogP contribution in [-0.4, -0.2) is 5.91 Å². The van der Waals surface area contributed by atoms with Crippen LogP contribution in [0.3, 0.4) is 0 Å². The number of amides is 1. The molecule has 1 amide bonds. The van der Waals surface area contributed by atoms with Crippen LogP contribution in [-0.2, 0) is 4.79 Å². The van der Waals surface area contributed by atoms with Gasteiger partial charge in [-0.3, -0.25) is 4.79 Å². The van der Waals surface area contributed by atoms with Crippen molar-refractivity contribution >= 4 is 58.0 Å². The highest BCUT2D eigenvalue weighted by Gasteiger charge is 2.24. The number of hydrogen-bond donors (Lipinski definition) is 1. The Morgan fingerprint density at radius 2 is 1.70 bits per heavy atom.